The van der Waals surface area contributed by atoms with Crippen LogP contribution in [0.4, 0.5) is 5.69 Å². The summed E-state index contributed by atoms with van der Waals surface area (Å²) in [4.78, 5) is 5.18. The number of nitrogens with one attached hydrogen (secondary N) is 1. The van der Waals surface area contributed by atoms with Crippen LogP contribution in [0.5, 0.6) is 0 Å². The van der Waals surface area contributed by atoms with Gasteiger partial charge in [0.1, 0.15) is 0 Å². The van der Waals surface area contributed by atoms with E-state index in [4.69, 9.17) is 11.6 Å². The van der Waals surface area contributed by atoms with Crippen molar-refractivity contribution in [1.82, 2.24) is 4.98 Å². The summed E-state index contributed by atoms with van der Waals surface area (Å²) in [6.07, 6.45) is 1.81. The van der Waals surface area contributed by atoms with E-state index in [0.717, 1.165) is 17.1 Å². The van der Waals surface area contributed by atoms with Gasteiger partial charge in [-0.15, -0.1) is 11.3 Å². The number of aromatic nitrogens is 1. The first kappa shape index (κ1) is 16.0. The van der Waals surface area contributed by atoms with Crippen LogP contribution in [0.3, 0.4) is 0 Å². The number of benzene rings is 2. The van der Waals surface area contributed by atoms with E-state index < -0.39 is 0 Å². The molecule has 0 fully saturated rings. The fourth-order valence-electron chi connectivity index (χ4n) is 2.58. The summed E-state index contributed by atoms with van der Waals surface area (Å²) in [7, 11) is 0. The number of rotatable bonds is 5. The smallest absolute Gasteiger partial charge is 0.183 e. The van der Waals surface area contributed by atoms with Crippen molar-refractivity contribution in [3.8, 4) is 0 Å². The van der Waals surface area contributed by atoms with Crippen molar-refractivity contribution in [2.24, 2.45) is 0 Å². The maximum absolute atomic E-state index is 5.85. The molecule has 4 heteroatoms. The third kappa shape index (κ3) is 3.74. The van der Waals surface area contributed by atoms with Gasteiger partial charge in [0.15, 0.2) is 4.47 Å². The lowest BCUT2D eigenvalue weighted by molar-refractivity contribution is 0.641. The quantitative estimate of drug-likeness (QED) is 0.640. The first-order chi connectivity index (χ1) is 11.1. The van der Waals surface area contributed by atoms with Crippen molar-refractivity contribution in [3.05, 3.63) is 81.3 Å². The largest absolute Gasteiger partial charge is 0.380 e. The molecule has 0 aliphatic heterocycles. The number of halogens is 1. The molecule has 23 heavy (non-hydrogen) atoms. The SMILES string of the molecule is CC(C)(c1ccccc1)c1ccc(NCc2cnc(Cl)s2)cc1. The van der Waals surface area contributed by atoms with E-state index in [1.165, 1.54) is 22.5 Å². The molecule has 0 unspecified atom stereocenters. The van der Waals surface area contributed by atoms with Crippen LogP contribution in [0.2, 0.25) is 4.47 Å². The number of anilines is 1. The lowest BCUT2D eigenvalue weighted by Gasteiger charge is -2.26. The van der Waals surface area contributed by atoms with E-state index in [9.17, 15) is 0 Å². The molecule has 0 aliphatic carbocycles. The van der Waals surface area contributed by atoms with Crippen molar-refractivity contribution in [2.75, 3.05) is 5.32 Å². The Morgan fingerprint density at radius 1 is 1.00 bits per heavy atom. The minimum Gasteiger partial charge on any atom is -0.380 e. The first-order valence-electron chi connectivity index (χ1n) is 7.56. The zero-order valence-electron chi connectivity index (χ0n) is 13.2. The molecule has 0 spiro atoms. The van der Waals surface area contributed by atoms with Crippen LogP contribution in [0.1, 0.15) is 29.9 Å². The topological polar surface area (TPSA) is 24.9 Å². The molecule has 0 saturated heterocycles. The molecule has 118 valence electrons. The third-order valence-corrected chi connectivity index (χ3v) is 5.21. The van der Waals surface area contributed by atoms with Crippen LogP contribution < -0.4 is 5.32 Å². The summed E-state index contributed by atoms with van der Waals surface area (Å²) in [5, 5.41) is 3.40. The number of nitrogens with zero attached hydrogens (tertiary/aromatic N) is 1. The Labute approximate surface area is 146 Å². The van der Waals surface area contributed by atoms with Gasteiger partial charge in [0.25, 0.3) is 0 Å². The summed E-state index contributed by atoms with van der Waals surface area (Å²) < 4.78 is 0.585. The summed E-state index contributed by atoms with van der Waals surface area (Å²) in [5.74, 6) is 0. The molecule has 0 aliphatic rings. The third-order valence-electron chi connectivity index (χ3n) is 4.09. The van der Waals surface area contributed by atoms with E-state index in [0.29, 0.717) is 4.47 Å². The fourth-order valence-corrected chi connectivity index (χ4v) is 3.50. The predicted octanol–water partition coefficient (Wildman–Crippen LogP) is 5.73. The Kier molecular flexibility index (Phi) is 4.69. The average Bonchev–Trinajstić information content (AvgIpc) is 3.00. The average molecular weight is 343 g/mol. The molecular formula is C19H19ClN2S. The maximum Gasteiger partial charge on any atom is 0.183 e. The zero-order chi connectivity index (χ0) is 16.3. The van der Waals surface area contributed by atoms with Crippen LogP contribution in [0, 0.1) is 0 Å². The number of hydrogen-bond donors (Lipinski definition) is 1. The molecule has 2 nitrogen and oxygen atoms in total. The molecule has 2 aromatic carbocycles. The van der Waals surface area contributed by atoms with Gasteiger partial charge < -0.3 is 5.32 Å². The van der Waals surface area contributed by atoms with Crippen molar-refractivity contribution in [1.29, 1.82) is 0 Å². The molecule has 0 amide bonds. The Morgan fingerprint density at radius 3 is 2.26 bits per heavy atom. The van der Waals surface area contributed by atoms with Crippen LogP contribution in [-0.4, -0.2) is 4.98 Å². The Bertz CT molecular complexity index is 764. The van der Waals surface area contributed by atoms with E-state index in [1.807, 2.05) is 6.20 Å². The van der Waals surface area contributed by atoms with Crippen molar-refractivity contribution in [3.63, 3.8) is 0 Å². The van der Waals surface area contributed by atoms with Crippen molar-refractivity contribution >= 4 is 28.6 Å². The van der Waals surface area contributed by atoms with Gasteiger partial charge in [-0.1, -0.05) is 67.9 Å². The molecule has 3 aromatic rings. The van der Waals surface area contributed by atoms with Crippen LogP contribution in [0.25, 0.3) is 0 Å². The second-order valence-corrected chi connectivity index (χ2v) is 7.70. The van der Waals surface area contributed by atoms with Gasteiger partial charge >= 0.3 is 0 Å². The highest BCUT2D eigenvalue weighted by Crippen LogP contribution is 2.32. The summed E-state index contributed by atoms with van der Waals surface area (Å²) in [5.41, 5.74) is 3.71. The molecule has 3 rings (SSSR count). The van der Waals surface area contributed by atoms with Crippen molar-refractivity contribution in [2.45, 2.75) is 25.8 Å². The highest BCUT2D eigenvalue weighted by atomic mass is 35.5. The summed E-state index contributed by atoms with van der Waals surface area (Å²) in [6, 6.07) is 19.2. The number of hydrogen-bond acceptors (Lipinski definition) is 3. The second-order valence-electron chi connectivity index (χ2n) is 6.00. The van der Waals surface area contributed by atoms with Crippen LogP contribution >= 0.6 is 22.9 Å². The standard InChI is InChI=1S/C19H19ClN2S/c1-19(2,14-6-4-3-5-7-14)15-8-10-16(11-9-15)21-12-17-13-22-18(20)23-17/h3-11,13,21H,12H2,1-2H3. The van der Waals surface area contributed by atoms with E-state index in [2.05, 4.69) is 78.7 Å². The first-order valence-corrected chi connectivity index (χ1v) is 8.75. The fraction of sp³-hybridized carbons (Fsp3) is 0.211. The molecule has 1 N–H and O–H groups in total. The minimum absolute atomic E-state index is 0.00894. The monoisotopic (exact) mass is 342 g/mol. The van der Waals surface area contributed by atoms with Crippen LogP contribution in [0.15, 0.2) is 60.8 Å². The lowest BCUT2D eigenvalue weighted by atomic mass is 9.78. The van der Waals surface area contributed by atoms with Crippen LogP contribution in [-0.2, 0) is 12.0 Å². The molecule has 0 saturated carbocycles. The second kappa shape index (κ2) is 6.73. The minimum atomic E-state index is -0.00894. The lowest BCUT2D eigenvalue weighted by Crippen LogP contribution is -2.18. The van der Waals surface area contributed by atoms with Gasteiger partial charge in [-0.25, -0.2) is 4.98 Å². The summed E-state index contributed by atoms with van der Waals surface area (Å²) in [6.45, 7) is 5.25. The van der Waals surface area contributed by atoms with Gasteiger partial charge in [-0.2, -0.15) is 0 Å². The van der Waals surface area contributed by atoms with E-state index in [1.54, 1.807) is 0 Å². The maximum atomic E-state index is 5.85. The Hall–Kier alpha value is -1.84. The predicted molar refractivity (Wildman–Crippen MR) is 99.5 cm³/mol. The normalized spacial score (nSPS) is 11.4. The molecule has 1 aromatic heterocycles. The molecule has 1 heterocycles. The highest BCUT2D eigenvalue weighted by Gasteiger charge is 2.22. The van der Waals surface area contributed by atoms with E-state index >= 15 is 0 Å². The van der Waals surface area contributed by atoms with Gasteiger partial charge in [-0.05, 0) is 23.3 Å². The summed E-state index contributed by atoms with van der Waals surface area (Å²) >= 11 is 7.35. The van der Waals surface area contributed by atoms with Gasteiger partial charge in [0.2, 0.25) is 0 Å². The van der Waals surface area contributed by atoms with Gasteiger partial charge in [-0.3, -0.25) is 0 Å². The van der Waals surface area contributed by atoms with Crippen molar-refractivity contribution < 1.29 is 0 Å². The Morgan fingerprint density at radius 2 is 1.65 bits per heavy atom. The molecule has 0 bridgehead atoms. The molecule has 0 radical (unpaired) electrons. The van der Waals surface area contributed by atoms with E-state index in [-0.39, 0.29) is 5.41 Å². The zero-order valence-corrected chi connectivity index (χ0v) is 14.8. The number of thiazole rings is 1. The highest BCUT2D eigenvalue weighted by molar-refractivity contribution is 7.15. The Balaban J connectivity index is 1.71. The van der Waals surface area contributed by atoms with Gasteiger partial charge in [0, 0.05) is 22.2 Å². The molecular weight excluding hydrogens is 324 g/mol. The van der Waals surface area contributed by atoms with Gasteiger partial charge in [0.05, 0.1) is 6.54 Å². The molecule has 0 atom stereocenters.